The number of rotatable bonds is 5. The fraction of sp³-hybridized carbons (Fsp3) is 0.688. The predicted octanol–water partition coefficient (Wildman–Crippen LogP) is 3.86. The summed E-state index contributed by atoms with van der Waals surface area (Å²) in [5.41, 5.74) is 1.64. The first-order valence-electron chi connectivity index (χ1n) is 7.68. The minimum atomic E-state index is 0.494. The standard InChI is InChI=1S/C16H26ClN3/c1-4-16(3)6-8-20(9-7-16)15-14(17)10-13(12-19-15)11-18-5-2/h10,12,18H,4-9,11H2,1-3H3. The Labute approximate surface area is 127 Å². The van der Waals surface area contributed by atoms with Crippen LogP contribution in [0.3, 0.4) is 0 Å². The number of nitrogens with zero attached hydrogens (tertiary/aromatic N) is 2. The van der Waals surface area contributed by atoms with Gasteiger partial charge in [0.05, 0.1) is 5.02 Å². The van der Waals surface area contributed by atoms with Crippen molar-refractivity contribution in [1.29, 1.82) is 0 Å². The van der Waals surface area contributed by atoms with Crippen molar-refractivity contribution < 1.29 is 0 Å². The molecule has 1 aromatic heterocycles. The Balaban J connectivity index is 2.03. The Morgan fingerprint density at radius 1 is 1.35 bits per heavy atom. The van der Waals surface area contributed by atoms with E-state index in [0.717, 1.165) is 42.6 Å². The van der Waals surface area contributed by atoms with Crippen molar-refractivity contribution in [3.8, 4) is 0 Å². The second kappa shape index (κ2) is 6.77. The van der Waals surface area contributed by atoms with Crippen molar-refractivity contribution in [1.82, 2.24) is 10.3 Å². The van der Waals surface area contributed by atoms with Crippen molar-refractivity contribution in [2.24, 2.45) is 5.41 Å². The number of halogens is 1. The van der Waals surface area contributed by atoms with Gasteiger partial charge in [-0.15, -0.1) is 0 Å². The highest BCUT2D eigenvalue weighted by atomic mass is 35.5. The molecule has 112 valence electrons. The predicted molar refractivity (Wildman–Crippen MR) is 86.5 cm³/mol. The molecule has 0 spiro atoms. The van der Waals surface area contributed by atoms with E-state index >= 15 is 0 Å². The Morgan fingerprint density at radius 3 is 2.60 bits per heavy atom. The highest BCUT2D eigenvalue weighted by molar-refractivity contribution is 6.33. The fourth-order valence-corrected chi connectivity index (χ4v) is 2.99. The van der Waals surface area contributed by atoms with Crippen LogP contribution in [0.2, 0.25) is 5.02 Å². The molecule has 1 aromatic rings. The molecule has 0 bridgehead atoms. The van der Waals surface area contributed by atoms with Crippen LogP contribution in [0.4, 0.5) is 5.82 Å². The van der Waals surface area contributed by atoms with E-state index in [1.165, 1.54) is 19.3 Å². The van der Waals surface area contributed by atoms with Crippen LogP contribution in [0.5, 0.6) is 0 Å². The van der Waals surface area contributed by atoms with Crippen LogP contribution in [-0.4, -0.2) is 24.6 Å². The SMILES string of the molecule is CCNCc1cnc(N2CCC(C)(CC)CC2)c(Cl)c1. The molecule has 2 heterocycles. The molecule has 0 unspecified atom stereocenters. The monoisotopic (exact) mass is 295 g/mol. The van der Waals surface area contributed by atoms with Crippen molar-refractivity contribution >= 4 is 17.4 Å². The zero-order valence-electron chi connectivity index (χ0n) is 12.9. The van der Waals surface area contributed by atoms with Crippen molar-refractivity contribution in [2.75, 3.05) is 24.5 Å². The third-order valence-electron chi connectivity index (χ3n) is 4.58. The average Bonchev–Trinajstić information content (AvgIpc) is 2.46. The van der Waals surface area contributed by atoms with Crippen LogP contribution in [-0.2, 0) is 6.54 Å². The topological polar surface area (TPSA) is 28.2 Å². The van der Waals surface area contributed by atoms with Gasteiger partial charge in [-0.25, -0.2) is 4.98 Å². The summed E-state index contributed by atoms with van der Waals surface area (Å²) in [6.07, 6.45) is 5.64. The quantitative estimate of drug-likeness (QED) is 0.894. The molecule has 0 aromatic carbocycles. The number of pyridine rings is 1. The summed E-state index contributed by atoms with van der Waals surface area (Å²) >= 11 is 6.41. The van der Waals surface area contributed by atoms with Gasteiger partial charge in [-0.05, 0) is 36.4 Å². The zero-order valence-corrected chi connectivity index (χ0v) is 13.6. The first-order chi connectivity index (χ1) is 9.58. The molecule has 1 aliphatic heterocycles. The van der Waals surface area contributed by atoms with Gasteiger partial charge in [0.1, 0.15) is 5.82 Å². The Kier molecular flexibility index (Phi) is 5.28. The summed E-state index contributed by atoms with van der Waals surface area (Å²) in [6, 6.07) is 2.04. The molecule has 4 heteroatoms. The average molecular weight is 296 g/mol. The molecule has 2 rings (SSSR count). The number of anilines is 1. The summed E-state index contributed by atoms with van der Waals surface area (Å²) in [7, 11) is 0. The van der Waals surface area contributed by atoms with Crippen LogP contribution >= 0.6 is 11.6 Å². The summed E-state index contributed by atoms with van der Waals surface area (Å²) in [6.45, 7) is 10.7. The largest absolute Gasteiger partial charge is 0.355 e. The molecule has 0 atom stereocenters. The summed E-state index contributed by atoms with van der Waals surface area (Å²) < 4.78 is 0. The summed E-state index contributed by atoms with van der Waals surface area (Å²) in [5, 5.41) is 4.08. The van der Waals surface area contributed by atoms with E-state index in [4.69, 9.17) is 11.6 Å². The van der Waals surface area contributed by atoms with Crippen molar-refractivity contribution in [3.05, 3.63) is 22.8 Å². The van der Waals surface area contributed by atoms with Crippen LogP contribution in [0.25, 0.3) is 0 Å². The lowest BCUT2D eigenvalue weighted by atomic mass is 9.78. The first-order valence-corrected chi connectivity index (χ1v) is 8.06. The molecular formula is C16H26ClN3. The lowest BCUT2D eigenvalue weighted by Gasteiger charge is -2.39. The van der Waals surface area contributed by atoms with Gasteiger partial charge in [-0.2, -0.15) is 0 Å². The van der Waals surface area contributed by atoms with Gasteiger partial charge in [0.2, 0.25) is 0 Å². The van der Waals surface area contributed by atoms with E-state index in [9.17, 15) is 0 Å². The summed E-state index contributed by atoms with van der Waals surface area (Å²) in [5.74, 6) is 0.949. The molecule has 0 saturated carbocycles. The molecule has 3 nitrogen and oxygen atoms in total. The van der Waals surface area contributed by atoms with E-state index in [-0.39, 0.29) is 0 Å². The molecule has 1 saturated heterocycles. The molecular weight excluding hydrogens is 270 g/mol. The number of hydrogen-bond donors (Lipinski definition) is 1. The van der Waals surface area contributed by atoms with Crippen molar-refractivity contribution in [2.45, 2.75) is 46.6 Å². The first kappa shape index (κ1) is 15.6. The smallest absolute Gasteiger partial charge is 0.147 e. The number of nitrogens with one attached hydrogen (secondary N) is 1. The minimum Gasteiger partial charge on any atom is -0.355 e. The number of aromatic nitrogens is 1. The fourth-order valence-electron chi connectivity index (χ4n) is 2.68. The van der Waals surface area contributed by atoms with E-state index in [1.807, 2.05) is 12.3 Å². The second-order valence-corrected chi connectivity index (χ2v) is 6.49. The highest BCUT2D eigenvalue weighted by Gasteiger charge is 2.29. The van der Waals surface area contributed by atoms with Crippen LogP contribution in [0.15, 0.2) is 12.3 Å². The van der Waals surface area contributed by atoms with Crippen LogP contribution in [0, 0.1) is 5.41 Å². The maximum atomic E-state index is 6.41. The van der Waals surface area contributed by atoms with Gasteiger partial charge in [0.25, 0.3) is 0 Å². The van der Waals surface area contributed by atoms with Crippen LogP contribution < -0.4 is 10.2 Å². The lowest BCUT2D eigenvalue weighted by molar-refractivity contribution is 0.238. The Hall–Kier alpha value is -0.800. The van der Waals surface area contributed by atoms with Crippen molar-refractivity contribution in [3.63, 3.8) is 0 Å². The Morgan fingerprint density at radius 2 is 2.05 bits per heavy atom. The van der Waals surface area contributed by atoms with Gasteiger partial charge < -0.3 is 10.2 Å². The number of hydrogen-bond acceptors (Lipinski definition) is 3. The summed E-state index contributed by atoms with van der Waals surface area (Å²) in [4.78, 5) is 6.91. The number of piperidine rings is 1. The van der Waals surface area contributed by atoms with Gasteiger partial charge in [0, 0.05) is 25.8 Å². The van der Waals surface area contributed by atoms with E-state index in [0.29, 0.717) is 5.41 Å². The molecule has 0 radical (unpaired) electrons. The third-order valence-corrected chi connectivity index (χ3v) is 4.86. The zero-order chi connectivity index (χ0) is 14.6. The van der Waals surface area contributed by atoms with Gasteiger partial charge in [0.15, 0.2) is 0 Å². The third kappa shape index (κ3) is 3.64. The molecule has 0 aliphatic carbocycles. The maximum absolute atomic E-state index is 6.41. The maximum Gasteiger partial charge on any atom is 0.147 e. The van der Waals surface area contributed by atoms with E-state index in [2.05, 4.69) is 36.0 Å². The molecule has 0 amide bonds. The van der Waals surface area contributed by atoms with Gasteiger partial charge in [-0.3, -0.25) is 0 Å². The molecule has 1 aliphatic rings. The van der Waals surface area contributed by atoms with Gasteiger partial charge >= 0.3 is 0 Å². The molecule has 1 fully saturated rings. The lowest BCUT2D eigenvalue weighted by Crippen LogP contribution is -2.39. The highest BCUT2D eigenvalue weighted by Crippen LogP contribution is 2.36. The minimum absolute atomic E-state index is 0.494. The van der Waals surface area contributed by atoms with E-state index in [1.54, 1.807) is 0 Å². The molecule has 20 heavy (non-hydrogen) atoms. The van der Waals surface area contributed by atoms with Gasteiger partial charge in [-0.1, -0.05) is 38.8 Å². The Bertz CT molecular complexity index is 439. The molecule has 1 N–H and O–H groups in total. The van der Waals surface area contributed by atoms with E-state index < -0.39 is 0 Å². The van der Waals surface area contributed by atoms with Crippen LogP contribution in [0.1, 0.15) is 45.6 Å². The normalized spacial score (nSPS) is 18.3. The second-order valence-electron chi connectivity index (χ2n) is 6.08.